The topological polar surface area (TPSA) is 12.9 Å². The van der Waals surface area contributed by atoms with Crippen LogP contribution < -0.4 is 0 Å². The van der Waals surface area contributed by atoms with Gasteiger partial charge in [-0.25, -0.2) is 9.37 Å². The molecule has 0 atom stereocenters. The molecule has 0 saturated heterocycles. The van der Waals surface area contributed by atoms with E-state index in [9.17, 15) is 4.39 Å². The van der Waals surface area contributed by atoms with E-state index in [1.54, 1.807) is 6.07 Å². The van der Waals surface area contributed by atoms with Gasteiger partial charge in [0, 0.05) is 10.0 Å². The van der Waals surface area contributed by atoms with Crippen molar-refractivity contribution in [1.29, 1.82) is 0 Å². The zero-order valence-electron chi connectivity index (χ0n) is 8.95. The van der Waals surface area contributed by atoms with Crippen LogP contribution in [0.5, 0.6) is 0 Å². The lowest BCUT2D eigenvalue weighted by atomic mass is 10.2. The molecule has 0 unspecified atom stereocenters. The summed E-state index contributed by atoms with van der Waals surface area (Å²) < 4.78 is 14.9. The highest BCUT2D eigenvalue weighted by Gasteiger charge is 2.13. The average Bonchev–Trinajstić information content (AvgIpc) is 2.71. The van der Waals surface area contributed by atoms with Crippen LogP contribution in [-0.4, -0.2) is 4.98 Å². The maximum atomic E-state index is 13.2. The molecular weight excluding hydrogens is 337 g/mol. The molecule has 3 rings (SSSR count). The van der Waals surface area contributed by atoms with Gasteiger partial charge in [-0.2, -0.15) is 0 Å². The lowest BCUT2D eigenvalue weighted by Crippen LogP contribution is -1.80. The first-order valence-corrected chi connectivity index (χ1v) is 7.14. The molecule has 1 nitrogen and oxygen atoms in total. The first-order valence-electron chi connectivity index (χ1n) is 5.15. The average molecular weight is 343 g/mol. The number of fused-ring (bicyclic) bond motifs is 1. The van der Waals surface area contributed by atoms with Crippen molar-refractivity contribution < 1.29 is 4.39 Å². The number of hydrogen-bond acceptors (Lipinski definition) is 2. The quantitative estimate of drug-likeness (QED) is 0.567. The first-order chi connectivity index (χ1) is 8.65. The van der Waals surface area contributed by atoms with Crippen molar-refractivity contribution >= 4 is 49.1 Å². The standard InChI is InChI=1S/C13H6BrClFNS/c14-8-2-1-3-9(15)12(8)13-17-10-5-4-7(16)6-11(10)18-13/h1-6H. The lowest BCUT2D eigenvalue weighted by molar-refractivity contribution is 0.630. The summed E-state index contributed by atoms with van der Waals surface area (Å²) in [4.78, 5) is 4.48. The van der Waals surface area contributed by atoms with Crippen molar-refractivity contribution in [2.75, 3.05) is 0 Å². The van der Waals surface area contributed by atoms with Crippen LogP contribution in [0.1, 0.15) is 0 Å². The molecule has 0 spiro atoms. The van der Waals surface area contributed by atoms with Crippen LogP contribution in [0.2, 0.25) is 5.02 Å². The second-order valence-electron chi connectivity index (χ2n) is 3.73. The van der Waals surface area contributed by atoms with Crippen LogP contribution in [0.25, 0.3) is 20.8 Å². The van der Waals surface area contributed by atoms with E-state index in [-0.39, 0.29) is 5.82 Å². The molecule has 1 aromatic heterocycles. The SMILES string of the molecule is Fc1ccc2nc(-c3c(Cl)cccc3Br)sc2c1. The predicted octanol–water partition coefficient (Wildman–Crippen LogP) is 5.52. The molecular formula is C13H6BrClFNS. The smallest absolute Gasteiger partial charge is 0.127 e. The number of nitrogens with zero attached hydrogens (tertiary/aromatic N) is 1. The van der Waals surface area contributed by atoms with Crippen LogP contribution in [0.3, 0.4) is 0 Å². The monoisotopic (exact) mass is 341 g/mol. The highest BCUT2D eigenvalue weighted by Crippen LogP contribution is 2.38. The Labute approximate surface area is 120 Å². The maximum Gasteiger partial charge on any atom is 0.127 e. The molecule has 2 aromatic carbocycles. The normalized spacial score (nSPS) is 11.1. The summed E-state index contributed by atoms with van der Waals surface area (Å²) >= 11 is 11.1. The minimum Gasteiger partial charge on any atom is -0.236 e. The van der Waals surface area contributed by atoms with Crippen LogP contribution in [0.4, 0.5) is 4.39 Å². The summed E-state index contributed by atoms with van der Waals surface area (Å²) in [5.74, 6) is -0.254. The molecule has 0 fully saturated rings. The summed E-state index contributed by atoms with van der Waals surface area (Å²) in [6.07, 6.45) is 0. The fourth-order valence-electron chi connectivity index (χ4n) is 1.71. The summed E-state index contributed by atoms with van der Waals surface area (Å²) in [5.41, 5.74) is 1.63. The lowest BCUT2D eigenvalue weighted by Gasteiger charge is -2.02. The zero-order valence-corrected chi connectivity index (χ0v) is 12.1. The highest BCUT2D eigenvalue weighted by molar-refractivity contribution is 9.10. The van der Waals surface area contributed by atoms with Gasteiger partial charge in [-0.05, 0) is 30.3 Å². The van der Waals surface area contributed by atoms with Crippen LogP contribution >= 0.6 is 38.9 Å². The van der Waals surface area contributed by atoms with E-state index in [0.29, 0.717) is 5.02 Å². The van der Waals surface area contributed by atoms with E-state index in [1.165, 1.54) is 23.5 Å². The number of thiazole rings is 1. The van der Waals surface area contributed by atoms with E-state index in [4.69, 9.17) is 11.6 Å². The van der Waals surface area contributed by atoms with Crippen molar-refractivity contribution in [3.8, 4) is 10.6 Å². The Hall–Kier alpha value is -0.970. The Morgan fingerprint density at radius 2 is 2.06 bits per heavy atom. The molecule has 0 N–H and O–H groups in total. The predicted molar refractivity (Wildman–Crippen MR) is 77.7 cm³/mol. The third-order valence-electron chi connectivity index (χ3n) is 2.53. The molecule has 0 aliphatic rings. The van der Waals surface area contributed by atoms with Gasteiger partial charge < -0.3 is 0 Å². The largest absolute Gasteiger partial charge is 0.236 e. The van der Waals surface area contributed by atoms with Gasteiger partial charge in [0.15, 0.2) is 0 Å². The Morgan fingerprint density at radius 1 is 1.22 bits per heavy atom. The summed E-state index contributed by atoms with van der Waals surface area (Å²) in [7, 11) is 0. The fourth-order valence-corrected chi connectivity index (χ4v) is 3.89. The third kappa shape index (κ3) is 2.05. The number of benzene rings is 2. The van der Waals surface area contributed by atoms with Crippen molar-refractivity contribution in [1.82, 2.24) is 4.98 Å². The Bertz CT molecular complexity index is 721. The molecule has 0 amide bonds. The number of rotatable bonds is 1. The molecule has 1 heterocycles. The van der Waals surface area contributed by atoms with Gasteiger partial charge in [0.1, 0.15) is 10.8 Å². The van der Waals surface area contributed by atoms with Gasteiger partial charge in [0.25, 0.3) is 0 Å². The van der Waals surface area contributed by atoms with Crippen LogP contribution in [0.15, 0.2) is 40.9 Å². The minimum atomic E-state index is -0.254. The molecule has 0 aliphatic heterocycles. The highest BCUT2D eigenvalue weighted by atomic mass is 79.9. The fraction of sp³-hybridized carbons (Fsp3) is 0. The Kier molecular flexibility index (Phi) is 3.09. The minimum absolute atomic E-state index is 0.254. The van der Waals surface area contributed by atoms with Crippen molar-refractivity contribution in [2.45, 2.75) is 0 Å². The van der Waals surface area contributed by atoms with Crippen molar-refractivity contribution in [3.63, 3.8) is 0 Å². The van der Waals surface area contributed by atoms with E-state index < -0.39 is 0 Å². The second kappa shape index (κ2) is 4.61. The molecule has 90 valence electrons. The van der Waals surface area contributed by atoms with Gasteiger partial charge in [0.05, 0.1) is 15.2 Å². The third-order valence-corrected chi connectivity index (χ3v) is 4.54. The first kappa shape index (κ1) is 12.1. The van der Waals surface area contributed by atoms with E-state index in [2.05, 4.69) is 20.9 Å². The summed E-state index contributed by atoms with van der Waals surface area (Å²) in [6.45, 7) is 0. The number of hydrogen-bond donors (Lipinski definition) is 0. The molecule has 3 aromatic rings. The molecule has 0 aliphatic carbocycles. The maximum absolute atomic E-state index is 13.2. The van der Waals surface area contributed by atoms with Gasteiger partial charge in [-0.3, -0.25) is 0 Å². The van der Waals surface area contributed by atoms with Crippen molar-refractivity contribution in [2.24, 2.45) is 0 Å². The zero-order chi connectivity index (χ0) is 12.7. The summed E-state index contributed by atoms with van der Waals surface area (Å²) in [6, 6.07) is 10.2. The van der Waals surface area contributed by atoms with Gasteiger partial charge in [-0.1, -0.05) is 33.6 Å². The number of halogens is 3. The van der Waals surface area contributed by atoms with Crippen LogP contribution in [0, 0.1) is 5.82 Å². The van der Waals surface area contributed by atoms with Crippen LogP contribution in [-0.2, 0) is 0 Å². The van der Waals surface area contributed by atoms with E-state index in [0.717, 1.165) is 25.3 Å². The molecule has 18 heavy (non-hydrogen) atoms. The molecule has 5 heteroatoms. The Morgan fingerprint density at radius 3 is 2.83 bits per heavy atom. The van der Waals surface area contributed by atoms with Crippen molar-refractivity contribution in [3.05, 3.63) is 51.7 Å². The summed E-state index contributed by atoms with van der Waals surface area (Å²) in [5, 5.41) is 1.41. The van der Waals surface area contributed by atoms with E-state index in [1.807, 2.05) is 18.2 Å². The van der Waals surface area contributed by atoms with Gasteiger partial charge >= 0.3 is 0 Å². The molecule has 0 saturated carbocycles. The number of aromatic nitrogens is 1. The molecule has 0 radical (unpaired) electrons. The molecule has 0 bridgehead atoms. The Balaban J connectivity index is 2.26. The van der Waals surface area contributed by atoms with Gasteiger partial charge in [0.2, 0.25) is 0 Å². The second-order valence-corrected chi connectivity index (χ2v) is 6.02. The van der Waals surface area contributed by atoms with E-state index >= 15 is 0 Å². The van der Waals surface area contributed by atoms with Gasteiger partial charge in [-0.15, -0.1) is 11.3 Å².